The van der Waals surface area contributed by atoms with E-state index in [4.69, 9.17) is 5.26 Å². The Morgan fingerprint density at radius 1 is 1.11 bits per heavy atom. The molecule has 0 saturated carbocycles. The van der Waals surface area contributed by atoms with Crippen molar-refractivity contribution in [1.29, 1.82) is 5.26 Å². The Balaban J connectivity index is 1.31. The van der Waals surface area contributed by atoms with Crippen molar-refractivity contribution in [2.24, 2.45) is 0 Å². The first-order chi connectivity index (χ1) is 17.4. The van der Waals surface area contributed by atoms with Crippen LogP contribution in [-0.4, -0.2) is 52.0 Å². The van der Waals surface area contributed by atoms with Gasteiger partial charge in [-0.3, -0.25) is 4.79 Å². The molecule has 1 aliphatic heterocycles. The van der Waals surface area contributed by atoms with E-state index in [9.17, 15) is 9.59 Å². The van der Waals surface area contributed by atoms with Crippen LogP contribution in [0.1, 0.15) is 34.1 Å². The molecule has 2 aromatic carbocycles. The van der Waals surface area contributed by atoms with Gasteiger partial charge >= 0.3 is 6.03 Å². The summed E-state index contributed by atoms with van der Waals surface area (Å²) in [6.07, 6.45) is 0. The van der Waals surface area contributed by atoms with Crippen LogP contribution in [0.2, 0.25) is 0 Å². The molecule has 7 nitrogen and oxygen atoms in total. The fourth-order valence-electron chi connectivity index (χ4n) is 4.70. The van der Waals surface area contributed by atoms with Crippen LogP contribution < -0.4 is 5.32 Å². The second-order valence-electron chi connectivity index (χ2n) is 9.14. The molecule has 4 aromatic rings. The van der Waals surface area contributed by atoms with E-state index in [0.29, 0.717) is 43.1 Å². The number of aromatic nitrogens is 1. The number of rotatable bonds is 4. The Bertz CT molecular complexity index is 1460. The minimum Gasteiger partial charge on any atom is -0.334 e. The fraction of sp³-hybridized carbons (Fsp3) is 0.250. The van der Waals surface area contributed by atoms with Gasteiger partial charge in [-0.15, -0.1) is 11.3 Å². The van der Waals surface area contributed by atoms with Crippen molar-refractivity contribution < 1.29 is 9.59 Å². The molecule has 8 heteroatoms. The van der Waals surface area contributed by atoms with Gasteiger partial charge in [0.25, 0.3) is 5.91 Å². The summed E-state index contributed by atoms with van der Waals surface area (Å²) in [6, 6.07) is 20.8. The third-order valence-electron chi connectivity index (χ3n) is 6.75. The lowest BCUT2D eigenvalue weighted by Gasteiger charge is -2.39. The summed E-state index contributed by atoms with van der Waals surface area (Å²) in [5, 5.41) is 15.0. The molecule has 5 rings (SSSR count). The lowest BCUT2D eigenvalue weighted by atomic mass is 10.1. The summed E-state index contributed by atoms with van der Waals surface area (Å²) in [5.74, 6) is -0.00835. The maximum Gasteiger partial charge on any atom is 0.322 e. The number of benzene rings is 2. The zero-order valence-electron chi connectivity index (χ0n) is 20.3. The number of hydrogen-bond donors (Lipinski definition) is 1. The average molecular weight is 498 g/mol. The number of aryl methyl sites for hydroxylation is 1. The van der Waals surface area contributed by atoms with Gasteiger partial charge in [-0.25, -0.2) is 4.79 Å². The third kappa shape index (κ3) is 4.58. The Morgan fingerprint density at radius 3 is 2.61 bits per heavy atom. The Labute approximate surface area is 214 Å². The van der Waals surface area contributed by atoms with E-state index in [2.05, 4.69) is 46.5 Å². The van der Waals surface area contributed by atoms with Gasteiger partial charge < -0.3 is 19.7 Å². The first-order valence-corrected chi connectivity index (χ1v) is 12.8. The Hall–Kier alpha value is -4.09. The van der Waals surface area contributed by atoms with Crippen molar-refractivity contribution in [1.82, 2.24) is 14.4 Å². The number of amides is 3. The number of nitrogens with one attached hydrogen (secondary N) is 1. The second-order valence-corrected chi connectivity index (χ2v) is 10.0. The van der Waals surface area contributed by atoms with Crippen molar-refractivity contribution in [2.75, 3.05) is 25.0 Å². The lowest BCUT2D eigenvalue weighted by Crippen LogP contribution is -2.56. The number of nitrogens with zero attached hydrogens (tertiary/aromatic N) is 4. The number of urea groups is 1. The molecule has 1 N–H and O–H groups in total. The quantitative estimate of drug-likeness (QED) is 0.415. The number of nitriles is 1. The topological polar surface area (TPSA) is 81.4 Å². The van der Waals surface area contributed by atoms with Gasteiger partial charge in [0, 0.05) is 43.3 Å². The van der Waals surface area contributed by atoms with Crippen LogP contribution in [0, 0.1) is 18.3 Å². The minimum atomic E-state index is -0.206. The average Bonchev–Trinajstić information content (AvgIpc) is 3.48. The van der Waals surface area contributed by atoms with Crippen LogP contribution >= 0.6 is 11.3 Å². The Kier molecular flexibility index (Phi) is 6.49. The summed E-state index contributed by atoms with van der Waals surface area (Å²) < 4.78 is 2.12. The molecule has 2 aromatic heterocycles. The molecule has 3 heterocycles. The van der Waals surface area contributed by atoms with Crippen LogP contribution in [0.5, 0.6) is 0 Å². The van der Waals surface area contributed by atoms with Crippen LogP contribution in [0.15, 0.2) is 66.0 Å². The van der Waals surface area contributed by atoms with E-state index in [-0.39, 0.29) is 18.0 Å². The van der Waals surface area contributed by atoms with E-state index in [1.54, 1.807) is 40.5 Å². The van der Waals surface area contributed by atoms with E-state index in [1.165, 1.54) is 11.1 Å². The number of fused-ring (bicyclic) bond motifs is 1. The highest BCUT2D eigenvalue weighted by atomic mass is 32.1. The van der Waals surface area contributed by atoms with Gasteiger partial charge in [-0.1, -0.05) is 24.3 Å². The molecule has 36 heavy (non-hydrogen) atoms. The zero-order valence-corrected chi connectivity index (χ0v) is 21.1. The minimum absolute atomic E-state index is 0.00835. The Morgan fingerprint density at radius 2 is 1.89 bits per heavy atom. The van der Waals surface area contributed by atoms with Gasteiger partial charge in [-0.05, 0) is 66.8 Å². The number of piperazine rings is 1. The summed E-state index contributed by atoms with van der Waals surface area (Å²) in [6.45, 7) is 6.07. The van der Waals surface area contributed by atoms with Crippen molar-refractivity contribution in [3.8, 4) is 6.07 Å². The highest BCUT2D eigenvalue weighted by molar-refractivity contribution is 7.16. The predicted octanol–water partition coefficient (Wildman–Crippen LogP) is 5.31. The molecule has 0 spiro atoms. The van der Waals surface area contributed by atoms with Gasteiger partial charge in [0.15, 0.2) is 0 Å². The van der Waals surface area contributed by atoms with Crippen molar-refractivity contribution in [3.05, 3.63) is 88.4 Å². The lowest BCUT2D eigenvalue weighted by molar-refractivity contribution is 0.0583. The molecule has 3 amide bonds. The van der Waals surface area contributed by atoms with E-state index < -0.39 is 0 Å². The smallest absolute Gasteiger partial charge is 0.322 e. The first kappa shape index (κ1) is 23.6. The number of carbonyl (C=O) groups is 2. The van der Waals surface area contributed by atoms with Crippen LogP contribution in [0.3, 0.4) is 0 Å². The normalized spacial score (nSPS) is 15.6. The van der Waals surface area contributed by atoms with E-state index in [1.807, 2.05) is 30.0 Å². The SMILES string of the molecule is Cc1ccccc1Cn1c(C(=O)N2CCN(C(=O)Nc3ccc(C#N)cc3)[C@@H](C)C2)cc2ccsc21. The van der Waals surface area contributed by atoms with Gasteiger partial charge in [-0.2, -0.15) is 5.26 Å². The standard InChI is InChI=1S/C28H27N5O2S/c1-19-5-3-4-6-23(19)18-33-25(15-22-11-14-36-27(22)33)26(34)31-12-13-32(20(2)17-31)28(35)30-24-9-7-21(16-29)8-10-24/h3-11,14-15,20H,12-13,17-18H2,1-2H3,(H,30,35)/t20-/m0/s1. The van der Waals surface area contributed by atoms with Crippen molar-refractivity contribution in [3.63, 3.8) is 0 Å². The molecule has 0 unspecified atom stereocenters. The number of carbonyl (C=O) groups excluding carboxylic acids is 2. The highest BCUT2D eigenvalue weighted by Crippen LogP contribution is 2.28. The van der Waals surface area contributed by atoms with Crippen LogP contribution in [-0.2, 0) is 6.54 Å². The van der Waals surface area contributed by atoms with E-state index in [0.717, 1.165) is 10.2 Å². The third-order valence-corrected chi connectivity index (χ3v) is 7.70. The molecular formula is C28H27N5O2S. The van der Waals surface area contributed by atoms with Crippen LogP contribution in [0.4, 0.5) is 10.5 Å². The maximum atomic E-state index is 13.7. The highest BCUT2D eigenvalue weighted by Gasteiger charge is 2.32. The van der Waals surface area contributed by atoms with Crippen molar-refractivity contribution in [2.45, 2.75) is 26.4 Å². The number of thiophene rings is 1. The number of anilines is 1. The summed E-state index contributed by atoms with van der Waals surface area (Å²) in [4.78, 5) is 31.3. The molecule has 0 bridgehead atoms. The van der Waals surface area contributed by atoms with Crippen LogP contribution in [0.25, 0.3) is 10.2 Å². The molecule has 0 radical (unpaired) electrons. The van der Waals surface area contributed by atoms with Gasteiger partial charge in [0.2, 0.25) is 0 Å². The molecule has 1 saturated heterocycles. The van der Waals surface area contributed by atoms with E-state index >= 15 is 0 Å². The van der Waals surface area contributed by atoms with Gasteiger partial charge in [0.05, 0.1) is 11.6 Å². The molecule has 182 valence electrons. The number of hydrogen-bond acceptors (Lipinski definition) is 4. The molecule has 0 aliphatic carbocycles. The van der Waals surface area contributed by atoms with Crippen molar-refractivity contribution >= 4 is 39.2 Å². The summed E-state index contributed by atoms with van der Waals surface area (Å²) >= 11 is 1.65. The first-order valence-electron chi connectivity index (χ1n) is 11.9. The molecule has 1 aliphatic rings. The molecule has 1 fully saturated rings. The fourth-order valence-corrected chi connectivity index (χ4v) is 5.59. The summed E-state index contributed by atoms with van der Waals surface area (Å²) in [5.41, 5.74) is 4.25. The predicted molar refractivity (Wildman–Crippen MR) is 142 cm³/mol. The largest absolute Gasteiger partial charge is 0.334 e. The second kappa shape index (κ2) is 9.88. The molecule has 1 atom stereocenters. The summed E-state index contributed by atoms with van der Waals surface area (Å²) in [7, 11) is 0. The maximum absolute atomic E-state index is 13.7. The monoisotopic (exact) mass is 497 g/mol. The zero-order chi connectivity index (χ0) is 25.2. The molecular weight excluding hydrogens is 470 g/mol. The van der Waals surface area contributed by atoms with Gasteiger partial charge in [0.1, 0.15) is 10.5 Å².